The van der Waals surface area contributed by atoms with E-state index in [0.717, 1.165) is 24.0 Å². The molecule has 2 heteroatoms. The topological polar surface area (TPSA) is 0 Å². The molecule has 1 aliphatic carbocycles. The summed E-state index contributed by atoms with van der Waals surface area (Å²) in [6, 6.07) is 9.69. The monoisotopic (exact) mass is 286 g/mol. The summed E-state index contributed by atoms with van der Waals surface area (Å²) < 4.78 is 27.4. The molecule has 0 amide bonds. The van der Waals surface area contributed by atoms with Crippen LogP contribution in [0.4, 0.5) is 8.78 Å². The molecule has 0 saturated carbocycles. The van der Waals surface area contributed by atoms with Crippen LogP contribution in [0.25, 0.3) is 11.1 Å². The van der Waals surface area contributed by atoms with E-state index in [-0.39, 0.29) is 11.6 Å². The Kier molecular flexibility index (Phi) is 4.05. The van der Waals surface area contributed by atoms with E-state index in [0.29, 0.717) is 11.5 Å². The number of halogens is 2. The second-order valence-corrected chi connectivity index (χ2v) is 6.01. The molecule has 0 bridgehead atoms. The molecule has 0 nitrogen and oxygen atoms in total. The Morgan fingerprint density at radius 1 is 1.05 bits per heavy atom. The van der Waals surface area contributed by atoms with Gasteiger partial charge in [-0.15, -0.1) is 0 Å². The number of fused-ring (bicyclic) bond motifs is 1. The number of rotatable bonds is 3. The summed E-state index contributed by atoms with van der Waals surface area (Å²) in [5.74, 6) is 0.204. The van der Waals surface area contributed by atoms with Gasteiger partial charge in [-0.1, -0.05) is 31.9 Å². The molecule has 0 N–H and O–H groups in total. The molecule has 0 aliphatic heterocycles. The van der Waals surface area contributed by atoms with Crippen molar-refractivity contribution in [1.29, 1.82) is 0 Å². The first-order valence-corrected chi connectivity index (χ1v) is 7.74. The van der Waals surface area contributed by atoms with Gasteiger partial charge in [0.1, 0.15) is 11.6 Å². The highest BCUT2D eigenvalue weighted by atomic mass is 19.1. The highest BCUT2D eigenvalue weighted by Crippen LogP contribution is 2.33. The summed E-state index contributed by atoms with van der Waals surface area (Å²) in [7, 11) is 0. The molecular weight excluding hydrogens is 266 g/mol. The van der Waals surface area contributed by atoms with Crippen LogP contribution >= 0.6 is 0 Å². The molecule has 0 aromatic heterocycles. The van der Waals surface area contributed by atoms with Crippen LogP contribution < -0.4 is 0 Å². The smallest absolute Gasteiger partial charge is 0.131 e. The van der Waals surface area contributed by atoms with Gasteiger partial charge in [0.05, 0.1) is 0 Å². The van der Waals surface area contributed by atoms with Crippen LogP contribution in [0.15, 0.2) is 36.4 Å². The second kappa shape index (κ2) is 5.97. The van der Waals surface area contributed by atoms with Crippen LogP contribution in [0.1, 0.15) is 37.3 Å². The van der Waals surface area contributed by atoms with Crippen molar-refractivity contribution in [2.75, 3.05) is 0 Å². The largest absolute Gasteiger partial charge is 0.207 e. The molecular formula is C19H20F2. The fourth-order valence-corrected chi connectivity index (χ4v) is 3.36. The van der Waals surface area contributed by atoms with E-state index in [2.05, 4.69) is 6.92 Å². The molecule has 1 unspecified atom stereocenters. The zero-order valence-electron chi connectivity index (χ0n) is 12.3. The van der Waals surface area contributed by atoms with E-state index >= 15 is 0 Å². The lowest BCUT2D eigenvalue weighted by molar-refractivity contribution is 0.421. The summed E-state index contributed by atoms with van der Waals surface area (Å²) in [5.41, 5.74) is 3.74. The first kappa shape index (κ1) is 14.2. The second-order valence-electron chi connectivity index (χ2n) is 6.01. The zero-order chi connectivity index (χ0) is 14.8. The number of benzene rings is 2. The predicted octanol–water partition coefficient (Wildman–Crippen LogP) is 5.54. The Hall–Kier alpha value is -1.70. The van der Waals surface area contributed by atoms with Crippen molar-refractivity contribution in [1.82, 2.24) is 0 Å². The number of hydrogen-bond acceptors (Lipinski definition) is 0. The highest BCUT2D eigenvalue weighted by molar-refractivity contribution is 5.66. The number of hydrogen-bond donors (Lipinski definition) is 0. The van der Waals surface area contributed by atoms with Gasteiger partial charge in [0.25, 0.3) is 0 Å². The summed E-state index contributed by atoms with van der Waals surface area (Å²) in [6.07, 6.45) is 5.62. The maximum atomic E-state index is 14.4. The molecule has 0 spiro atoms. The lowest BCUT2D eigenvalue weighted by Crippen LogP contribution is -2.14. The lowest BCUT2D eigenvalue weighted by Gasteiger charge is -2.25. The Morgan fingerprint density at radius 3 is 2.52 bits per heavy atom. The third-order valence-electron chi connectivity index (χ3n) is 4.47. The minimum absolute atomic E-state index is 0.197. The lowest BCUT2D eigenvalue weighted by atomic mass is 9.80. The van der Waals surface area contributed by atoms with E-state index in [9.17, 15) is 8.78 Å². The van der Waals surface area contributed by atoms with Crippen molar-refractivity contribution in [2.24, 2.45) is 5.92 Å². The third kappa shape index (κ3) is 2.99. The molecule has 2 aromatic carbocycles. The molecule has 21 heavy (non-hydrogen) atoms. The molecule has 0 radical (unpaired) electrons. The molecule has 0 fully saturated rings. The van der Waals surface area contributed by atoms with E-state index in [1.165, 1.54) is 37.0 Å². The fourth-order valence-electron chi connectivity index (χ4n) is 3.36. The molecule has 1 aliphatic rings. The van der Waals surface area contributed by atoms with Crippen molar-refractivity contribution in [2.45, 2.75) is 39.0 Å². The molecule has 2 aromatic rings. The van der Waals surface area contributed by atoms with Crippen molar-refractivity contribution in [3.8, 4) is 11.1 Å². The minimum Gasteiger partial charge on any atom is -0.207 e. The summed E-state index contributed by atoms with van der Waals surface area (Å²) in [6.45, 7) is 2.20. The van der Waals surface area contributed by atoms with Gasteiger partial charge < -0.3 is 0 Å². The van der Waals surface area contributed by atoms with Gasteiger partial charge in [-0.25, -0.2) is 8.78 Å². The maximum Gasteiger partial charge on any atom is 0.131 e. The van der Waals surface area contributed by atoms with Crippen LogP contribution in [0, 0.1) is 17.6 Å². The van der Waals surface area contributed by atoms with Gasteiger partial charge in [0, 0.05) is 5.56 Å². The van der Waals surface area contributed by atoms with Gasteiger partial charge in [0.15, 0.2) is 0 Å². The quantitative estimate of drug-likeness (QED) is 0.695. The van der Waals surface area contributed by atoms with E-state index < -0.39 is 0 Å². The fraction of sp³-hybridized carbons (Fsp3) is 0.368. The summed E-state index contributed by atoms with van der Waals surface area (Å²) in [4.78, 5) is 0. The Labute approximate surface area is 124 Å². The van der Waals surface area contributed by atoms with Crippen molar-refractivity contribution < 1.29 is 8.78 Å². The molecule has 1 atom stereocenters. The van der Waals surface area contributed by atoms with Crippen molar-refractivity contribution in [3.63, 3.8) is 0 Å². The summed E-state index contributed by atoms with van der Waals surface area (Å²) >= 11 is 0. The van der Waals surface area contributed by atoms with Gasteiger partial charge in [0.2, 0.25) is 0 Å². The average Bonchev–Trinajstić information content (AvgIpc) is 2.48. The van der Waals surface area contributed by atoms with Crippen molar-refractivity contribution in [3.05, 3.63) is 59.2 Å². The normalized spacial score (nSPS) is 17.6. The molecule has 0 heterocycles. The molecule has 3 rings (SSSR count). The molecule has 110 valence electrons. The summed E-state index contributed by atoms with van der Waals surface area (Å²) in [5, 5.41) is 0. The van der Waals surface area contributed by atoms with Gasteiger partial charge in [-0.2, -0.15) is 0 Å². The number of aryl methyl sites for hydroxylation is 1. The third-order valence-corrected chi connectivity index (χ3v) is 4.47. The predicted molar refractivity (Wildman–Crippen MR) is 82.2 cm³/mol. The average molecular weight is 286 g/mol. The van der Waals surface area contributed by atoms with Crippen LogP contribution in [0.2, 0.25) is 0 Å². The zero-order valence-corrected chi connectivity index (χ0v) is 12.3. The Morgan fingerprint density at radius 2 is 1.81 bits per heavy atom. The van der Waals surface area contributed by atoms with Gasteiger partial charge in [-0.05, 0) is 66.1 Å². The molecule has 0 saturated heterocycles. The van der Waals surface area contributed by atoms with Gasteiger partial charge >= 0.3 is 0 Å². The van der Waals surface area contributed by atoms with Gasteiger partial charge in [-0.3, -0.25) is 0 Å². The van der Waals surface area contributed by atoms with E-state index in [4.69, 9.17) is 0 Å². The van der Waals surface area contributed by atoms with E-state index in [1.807, 2.05) is 6.07 Å². The van der Waals surface area contributed by atoms with E-state index in [1.54, 1.807) is 18.2 Å². The first-order valence-electron chi connectivity index (χ1n) is 7.74. The van der Waals surface area contributed by atoms with Crippen LogP contribution in [-0.4, -0.2) is 0 Å². The highest BCUT2D eigenvalue weighted by Gasteiger charge is 2.20. The van der Waals surface area contributed by atoms with Crippen LogP contribution in [-0.2, 0) is 12.8 Å². The SMILES string of the molecule is CCCC1CCc2cc(-c3ccc(F)cc3)c(F)cc2C1. The Balaban J connectivity index is 1.93. The first-order chi connectivity index (χ1) is 10.2. The maximum absolute atomic E-state index is 14.4. The Bertz CT molecular complexity index is 629. The minimum atomic E-state index is -0.292. The van der Waals surface area contributed by atoms with Crippen LogP contribution in [0.5, 0.6) is 0 Å². The standard InChI is InChI=1S/C19H20F2/c1-2-3-13-4-5-15-11-18(19(21)12-16(15)10-13)14-6-8-17(20)9-7-14/h6-9,11-13H,2-5,10H2,1H3. The van der Waals surface area contributed by atoms with Crippen molar-refractivity contribution >= 4 is 0 Å². The van der Waals surface area contributed by atoms with Crippen LogP contribution in [0.3, 0.4) is 0 Å².